The third kappa shape index (κ3) is 4.60. The lowest BCUT2D eigenvalue weighted by atomic mass is 10.0. The number of rotatable bonds is 4. The van der Waals surface area contributed by atoms with Crippen LogP contribution in [0.1, 0.15) is 19.6 Å². The highest BCUT2D eigenvalue weighted by atomic mass is 35.5. The Bertz CT molecular complexity index is 1160. The van der Waals surface area contributed by atoms with Crippen molar-refractivity contribution in [2.75, 3.05) is 19.7 Å². The van der Waals surface area contributed by atoms with E-state index in [1.54, 1.807) is 54.3 Å². The second-order valence-corrected chi connectivity index (χ2v) is 8.31. The van der Waals surface area contributed by atoms with Crippen LogP contribution >= 0.6 is 11.6 Å². The van der Waals surface area contributed by atoms with E-state index in [0.717, 1.165) is 5.56 Å². The second kappa shape index (κ2) is 8.73. The number of hydrogen-bond donors (Lipinski definition) is 0. The summed E-state index contributed by atoms with van der Waals surface area (Å²) in [5.41, 5.74) is 1.54. The summed E-state index contributed by atoms with van der Waals surface area (Å²) in [5.74, 6) is 0.874. The largest absolute Gasteiger partial charge is 0.484 e. The fourth-order valence-corrected chi connectivity index (χ4v) is 4.07. The fraction of sp³-hybridized carbons (Fsp3) is 0.333. The first-order chi connectivity index (χ1) is 14.8. The van der Waals surface area contributed by atoms with Gasteiger partial charge in [0.25, 0.3) is 5.91 Å². The van der Waals surface area contributed by atoms with Gasteiger partial charge in [-0.3, -0.25) is 9.59 Å². The van der Waals surface area contributed by atoms with Crippen LogP contribution in [-0.2, 0) is 9.53 Å². The second-order valence-electron chi connectivity index (χ2n) is 7.87. The third-order valence-electron chi connectivity index (χ3n) is 5.31. The quantitative estimate of drug-likeness (QED) is 0.598. The summed E-state index contributed by atoms with van der Waals surface area (Å²) in [4.78, 5) is 27.3. The average molecular weight is 442 g/mol. The molecule has 2 atom stereocenters. The summed E-state index contributed by atoms with van der Waals surface area (Å²) in [6.45, 7) is 6.66. The first kappa shape index (κ1) is 21.4. The molecule has 162 valence electrons. The number of morpholine rings is 1. The molecule has 0 spiro atoms. The van der Waals surface area contributed by atoms with Gasteiger partial charge in [0, 0.05) is 24.2 Å². The Morgan fingerprint density at radius 3 is 2.48 bits per heavy atom. The van der Waals surface area contributed by atoms with Gasteiger partial charge in [-0.1, -0.05) is 23.7 Å². The Labute approximate surface area is 185 Å². The normalized spacial score (nSPS) is 18.9. The maximum absolute atomic E-state index is 13.1. The van der Waals surface area contributed by atoms with E-state index < -0.39 is 0 Å². The predicted octanol–water partition coefficient (Wildman–Crippen LogP) is 4.44. The van der Waals surface area contributed by atoms with Crippen molar-refractivity contribution in [2.45, 2.75) is 33.0 Å². The molecule has 1 aliphatic rings. The van der Waals surface area contributed by atoms with E-state index in [0.29, 0.717) is 46.2 Å². The van der Waals surface area contributed by atoms with Crippen molar-refractivity contribution in [3.63, 3.8) is 0 Å². The number of halogens is 1. The molecule has 0 aliphatic carbocycles. The lowest BCUT2D eigenvalue weighted by Gasteiger charge is -2.35. The molecule has 1 aliphatic heterocycles. The Hall–Kier alpha value is -2.83. The van der Waals surface area contributed by atoms with Gasteiger partial charge in [-0.2, -0.15) is 0 Å². The number of nitrogens with zero attached hydrogens (tertiary/aromatic N) is 1. The maximum atomic E-state index is 13.1. The number of carbonyl (C=O) groups excluding carboxylic acids is 1. The topological polar surface area (TPSA) is 69.0 Å². The number of amides is 1. The SMILES string of the molecule is Cc1oc2cc(OCC(=O)N3C[C@@H](C)O[C@H](C)C3)ccc2c(=O)c1-c1ccc(Cl)cc1. The van der Waals surface area contributed by atoms with Crippen molar-refractivity contribution >= 4 is 28.5 Å². The molecule has 0 radical (unpaired) electrons. The highest BCUT2D eigenvalue weighted by Gasteiger charge is 2.26. The zero-order valence-electron chi connectivity index (χ0n) is 17.7. The van der Waals surface area contributed by atoms with Crippen LogP contribution in [-0.4, -0.2) is 42.7 Å². The van der Waals surface area contributed by atoms with Crippen LogP contribution in [0.25, 0.3) is 22.1 Å². The van der Waals surface area contributed by atoms with E-state index >= 15 is 0 Å². The van der Waals surface area contributed by atoms with Crippen LogP contribution in [0.5, 0.6) is 5.75 Å². The van der Waals surface area contributed by atoms with Crippen molar-refractivity contribution in [1.29, 1.82) is 0 Å². The lowest BCUT2D eigenvalue weighted by molar-refractivity contribution is -0.145. The van der Waals surface area contributed by atoms with E-state index in [-0.39, 0.29) is 30.2 Å². The van der Waals surface area contributed by atoms with Gasteiger partial charge in [0.2, 0.25) is 5.43 Å². The monoisotopic (exact) mass is 441 g/mol. The number of fused-ring (bicyclic) bond motifs is 1. The third-order valence-corrected chi connectivity index (χ3v) is 5.56. The summed E-state index contributed by atoms with van der Waals surface area (Å²) in [6.07, 6.45) is 0.000843. The lowest BCUT2D eigenvalue weighted by Crippen LogP contribution is -2.49. The smallest absolute Gasteiger partial charge is 0.260 e. The average Bonchev–Trinajstić information content (AvgIpc) is 2.72. The molecule has 0 N–H and O–H groups in total. The first-order valence-electron chi connectivity index (χ1n) is 10.2. The number of aryl methyl sites for hydroxylation is 1. The Kier molecular flexibility index (Phi) is 6.03. The maximum Gasteiger partial charge on any atom is 0.260 e. The zero-order chi connectivity index (χ0) is 22.1. The Balaban J connectivity index is 1.55. The number of carbonyl (C=O) groups is 1. The minimum atomic E-state index is -0.125. The van der Waals surface area contributed by atoms with Gasteiger partial charge in [-0.25, -0.2) is 0 Å². The van der Waals surface area contributed by atoms with E-state index in [1.807, 2.05) is 13.8 Å². The van der Waals surface area contributed by atoms with Gasteiger partial charge < -0.3 is 18.8 Å². The van der Waals surface area contributed by atoms with Gasteiger partial charge in [0.1, 0.15) is 17.1 Å². The van der Waals surface area contributed by atoms with Crippen LogP contribution in [0.15, 0.2) is 51.7 Å². The standard InChI is InChI=1S/C24H24ClNO5/c1-14-11-26(12-15(2)30-14)22(27)13-29-19-8-9-20-21(10-19)31-16(3)23(24(20)28)17-4-6-18(25)7-5-17/h4-10,14-15H,11-13H2,1-3H3/t14-,15-/m1/s1. The molecule has 1 amide bonds. The molecule has 6 nitrogen and oxygen atoms in total. The van der Waals surface area contributed by atoms with E-state index in [2.05, 4.69) is 0 Å². The highest BCUT2D eigenvalue weighted by molar-refractivity contribution is 6.30. The summed E-state index contributed by atoms with van der Waals surface area (Å²) >= 11 is 5.96. The molecule has 2 heterocycles. The number of hydrogen-bond acceptors (Lipinski definition) is 5. The van der Waals surface area contributed by atoms with Crippen molar-refractivity contribution in [3.8, 4) is 16.9 Å². The molecular formula is C24H24ClNO5. The summed E-state index contributed by atoms with van der Waals surface area (Å²) in [6, 6.07) is 12.1. The van der Waals surface area contributed by atoms with Crippen LogP contribution in [0.3, 0.4) is 0 Å². The van der Waals surface area contributed by atoms with Crippen LogP contribution < -0.4 is 10.2 Å². The zero-order valence-corrected chi connectivity index (χ0v) is 18.4. The predicted molar refractivity (Wildman–Crippen MR) is 120 cm³/mol. The first-order valence-corrected chi connectivity index (χ1v) is 10.6. The Morgan fingerprint density at radius 2 is 1.81 bits per heavy atom. The van der Waals surface area contributed by atoms with E-state index in [4.69, 9.17) is 25.5 Å². The van der Waals surface area contributed by atoms with Crippen molar-refractivity contribution in [1.82, 2.24) is 4.90 Å². The minimum absolute atomic E-state index is 0.000422. The molecule has 0 saturated carbocycles. The molecule has 31 heavy (non-hydrogen) atoms. The number of ether oxygens (including phenoxy) is 2. The van der Waals surface area contributed by atoms with Crippen molar-refractivity contribution < 1.29 is 18.7 Å². The van der Waals surface area contributed by atoms with Gasteiger partial charge in [0.05, 0.1) is 23.2 Å². The summed E-state index contributed by atoms with van der Waals surface area (Å²) in [7, 11) is 0. The molecule has 3 aromatic rings. The van der Waals surface area contributed by atoms with E-state index in [9.17, 15) is 9.59 Å². The summed E-state index contributed by atoms with van der Waals surface area (Å²) < 4.78 is 17.3. The molecule has 0 bridgehead atoms. The number of benzene rings is 2. The molecule has 4 rings (SSSR count). The van der Waals surface area contributed by atoms with Crippen molar-refractivity contribution in [2.24, 2.45) is 0 Å². The Morgan fingerprint density at radius 1 is 1.13 bits per heavy atom. The van der Waals surface area contributed by atoms with Crippen molar-refractivity contribution in [3.05, 3.63) is 63.5 Å². The van der Waals surface area contributed by atoms with Gasteiger partial charge in [-0.05, 0) is 50.6 Å². The molecule has 0 unspecified atom stereocenters. The highest BCUT2D eigenvalue weighted by Crippen LogP contribution is 2.27. The molecule has 1 saturated heterocycles. The fourth-order valence-electron chi connectivity index (χ4n) is 3.94. The minimum Gasteiger partial charge on any atom is -0.484 e. The summed E-state index contributed by atoms with van der Waals surface area (Å²) in [5, 5.41) is 1.05. The van der Waals surface area contributed by atoms with Gasteiger partial charge in [-0.15, -0.1) is 0 Å². The molecular weight excluding hydrogens is 418 g/mol. The molecule has 2 aromatic carbocycles. The van der Waals surface area contributed by atoms with Crippen LogP contribution in [0.4, 0.5) is 0 Å². The van der Waals surface area contributed by atoms with Gasteiger partial charge >= 0.3 is 0 Å². The van der Waals surface area contributed by atoms with Gasteiger partial charge in [0.15, 0.2) is 6.61 Å². The molecule has 7 heteroatoms. The van der Waals surface area contributed by atoms with E-state index in [1.165, 1.54) is 0 Å². The molecule has 1 aromatic heterocycles. The van der Waals surface area contributed by atoms with Crippen LogP contribution in [0, 0.1) is 6.92 Å². The van der Waals surface area contributed by atoms with Crippen LogP contribution in [0.2, 0.25) is 5.02 Å². The molecule has 1 fully saturated rings.